The monoisotopic (exact) mass is 265 g/mol. The highest BCUT2D eigenvalue weighted by atomic mass is 16.3. The Morgan fingerprint density at radius 2 is 2.47 bits per heavy atom. The molecule has 3 N–H and O–H groups in total. The van der Waals surface area contributed by atoms with Crippen molar-refractivity contribution in [2.75, 3.05) is 6.54 Å². The second-order valence-corrected chi connectivity index (χ2v) is 5.34. The molecule has 0 saturated carbocycles. The van der Waals surface area contributed by atoms with E-state index >= 15 is 0 Å². The first-order valence-corrected chi connectivity index (χ1v) is 6.89. The summed E-state index contributed by atoms with van der Waals surface area (Å²) in [4.78, 5) is 14.4. The molecule has 1 amide bonds. The lowest BCUT2D eigenvalue weighted by Gasteiger charge is -2.39. The molecule has 5 heteroatoms. The largest absolute Gasteiger partial charge is 0.467 e. The predicted octanol–water partition coefficient (Wildman–Crippen LogP) is 1.10. The third-order valence-electron chi connectivity index (χ3n) is 3.86. The second kappa shape index (κ2) is 6.21. The number of likely N-dealkylation sites (tertiary alicyclic amines) is 1. The van der Waals surface area contributed by atoms with Crippen LogP contribution in [0.5, 0.6) is 0 Å². The molecule has 0 spiro atoms. The Kier molecular flexibility index (Phi) is 4.61. The molecule has 3 unspecified atom stereocenters. The van der Waals surface area contributed by atoms with Gasteiger partial charge in [-0.1, -0.05) is 0 Å². The van der Waals surface area contributed by atoms with E-state index in [2.05, 4.69) is 17.1 Å². The topological polar surface area (TPSA) is 71.5 Å². The van der Waals surface area contributed by atoms with Crippen LogP contribution in [0.25, 0.3) is 0 Å². The van der Waals surface area contributed by atoms with Crippen molar-refractivity contribution < 1.29 is 9.21 Å². The average Bonchev–Trinajstić information content (AvgIpc) is 2.88. The van der Waals surface area contributed by atoms with E-state index in [0.29, 0.717) is 12.6 Å². The molecule has 106 valence electrons. The highest BCUT2D eigenvalue weighted by molar-refractivity contribution is 5.81. The van der Waals surface area contributed by atoms with Gasteiger partial charge in [-0.2, -0.15) is 0 Å². The first kappa shape index (κ1) is 14.1. The van der Waals surface area contributed by atoms with Crippen molar-refractivity contribution in [1.82, 2.24) is 10.2 Å². The first-order chi connectivity index (χ1) is 9.08. The quantitative estimate of drug-likeness (QED) is 0.855. The summed E-state index contributed by atoms with van der Waals surface area (Å²) in [5.41, 5.74) is 5.95. The fourth-order valence-electron chi connectivity index (χ4n) is 2.69. The molecule has 1 aromatic heterocycles. The second-order valence-electron chi connectivity index (χ2n) is 5.34. The van der Waals surface area contributed by atoms with Gasteiger partial charge >= 0.3 is 0 Å². The first-order valence-electron chi connectivity index (χ1n) is 6.89. The minimum absolute atomic E-state index is 0.0405. The van der Waals surface area contributed by atoms with Crippen LogP contribution in [0, 0.1) is 0 Å². The van der Waals surface area contributed by atoms with E-state index in [1.165, 1.54) is 0 Å². The van der Waals surface area contributed by atoms with Crippen LogP contribution in [0.3, 0.4) is 0 Å². The Bertz CT molecular complexity index is 405. The molecule has 1 aliphatic rings. The van der Waals surface area contributed by atoms with Gasteiger partial charge in [-0.25, -0.2) is 0 Å². The van der Waals surface area contributed by atoms with E-state index in [4.69, 9.17) is 10.2 Å². The maximum absolute atomic E-state index is 12.1. The number of nitrogens with two attached hydrogens (primary N) is 1. The number of rotatable bonds is 4. The molecule has 1 saturated heterocycles. The minimum Gasteiger partial charge on any atom is -0.467 e. The Labute approximate surface area is 114 Å². The van der Waals surface area contributed by atoms with Crippen molar-refractivity contribution in [3.8, 4) is 0 Å². The fourth-order valence-corrected chi connectivity index (χ4v) is 2.69. The van der Waals surface area contributed by atoms with Crippen molar-refractivity contribution in [2.45, 2.75) is 51.4 Å². The van der Waals surface area contributed by atoms with Gasteiger partial charge in [0.05, 0.1) is 18.8 Å². The molecule has 1 aromatic rings. The van der Waals surface area contributed by atoms with Gasteiger partial charge in [0.1, 0.15) is 5.76 Å². The molecule has 2 rings (SSSR count). The van der Waals surface area contributed by atoms with Gasteiger partial charge in [-0.3, -0.25) is 9.69 Å². The van der Waals surface area contributed by atoms with Gasteiger partial charge in [0.2, 0.25) is 5.91 Å². The summed E-state index contributed by atoms with van der Waals surface area (Å²) in [7, 11) is 0. The number of carbonyl (C=O) groups is 1. The lowest BCUT2D eigenvalue weighted by Crippen LogP contribution is -2.54. The van der Waals surface area contributed by atoms with Crippen molar-refractivity contribution >= 4 is 5.91 Å². The Morgan fingerprint density at radius 1 is 1.68 bits per heavy atom. The van der Waals surface area contributed by atoms with E-state index in [1.807, 2.05) is 19.1 Å². The standard InChI is InChI=1S/C14H23N3O2/c1-10-8-12(15)5-6-17(10)11(2)14(18)16-9-13-4-3-7-19-13/h3-4,7,10-12H,5-6,8-9,15H2,1-2H3,(H,16,18). The highest BCUT2D eigenvalue weighted by Crippen LogP contribution is 2.18. The minimum atomic E-state index is -0.127. The van der Waals surface area contributed by atoms with Crippen LogP contribution in [-0.2, 0) is 11.3 Å². The third kappa shape index (κ3) is 3.58. The Balaban J connectivity index is 1.84. The van der Waals surface area contributed by atoms with Gasteiger partial charge < -0.3 is 15.5 Å². The third-order valence-corrected chi connectivity index (χ3v) is 3.86. The predicted molar refractivity (Wildman–Crippen MR) is 73.4 cm³/mol. The smallest absolute Gasteiger partial charge is 0.237 e. The summed E-state index contributed by atoms with van der Waals surface area (Å²) in [6.07, 6.45) is 3.52. The number of nitrogens with zero attached hydrogens (tertiary/aromatic N) is 1. The maximum atomic E-state index is 12.1. The molecule has 0 aliphatic carbocycles. The number of piperidine rings is 1. The summed E-state index contributed by atoms with van der Waals surface area (Å²) in [6.45, 7) is 5.41. The Morgan fingerprint density at radius 3 is 3.11 bits per heavy atom. The van der Waals surface area contributed by atoms with Crippen molar-refractivity contribution in [3.05, 3.63) is 24.2 Å². The molecular formula is C14H23N3O2. The van der Waals surface area contributed by atoms with Crippen LogP contribution < -0.4 is 11.1 Å². The lowest BCUT2D eigenvalue weighted by atomic mass is 9.97. The van der Waals surface area contributed by atoms with Crippen LogP contribution in [0.4, 0.5) is 0 Å². The molecule has 5 nitrogen and oxygen atoms in total. The van der Waals surface area contributed by atoms with E-state index in [1.54, 1.807) is 6.26 Å². The molecular weight excluding hydrogens is 242 g/mol. The van der Waals surface area contributed by atoms with E-state index in [-0.39, 0.29) is 18.0 Å². The van der Waals surface area contributed by atoms with Gasteiger partial charge in [0.25, 0.3) is 0 Å². The van der Waals surface area contributed by atoms with Crippen molar-refractivity contribution in [1.29, 1.82) is 0 Å². The van der Waals surface area contributed by atoms with Crippen molar-refractivity contribution in [2.24, 2.45) is 5.73 Å². The van der Waals surface area contributed by atoms with E-state index in [0.717, 1.165) is 25.1 Å². The van der Waals surface area contributed by atoms with Crippen LogP contribution in [0.2, 0.25) is 0 Å². The highest BCUT2D eigenvalue weighted by Gasteiger charge is 2.30. The van der Waals surface area contributed by atoms with E-state index < -0.39 is 0 Å². The number of hydrogen-bond donors (Lipinski definition) is 2. The zero-order valence-electron chi connectivity index (χ0n) is 11.6. The Hall–Kier alpha value is -1.33. The zero-order chi connectivity index (χ0) is 13.8. The lowest BCUT2D eigenvalue weighted by molar-refractivity contribution is -0.127. The molecule has 0 aromatic carbocycles. The number of amides is 1. The SMILES string of the molecule is CC1CC(N)CCN1C(C)C(=O)NCc1ccco1. The molecule has 1 fully saturated rings. The van der Waals surface area contributed by atoms with E-state index in [9.17, 15) is 4.79 Å². The summed E-state index contributed by atoms with van der Waals surface area (Å²) < 4.78 is 5.20. The normalized spacial score (nSPS) is 26.1. The molecule has 0 radical (unpaired) electrons. The maximum Gasteiger partial charge on any atom is 0.237 e. The fraction of sp³-hybridized carbons (Fsp3) is 0.643. The number of nitrogens with one attached hydrogen (secondary N) is 1. The van der Waals surface area contributed by atoms with Gasteiger partial charge in [0.15, 0.2) is 0 Å². The number of carbonyl (C=O) groups excluding carboxylic acids is 1. The van der Waals surface area contributed by atoms with Crippen LogP contribution in [-0.4, -0.2) is 35.5 Å². The van der Waals surface area contributed by atoms with Gasteiger partial charge in [-0.05, 0) is 38.8 Å². The summed E-state index contributed by atoms with van der Waals surface area (Å²) in [6, 6.07) is 4.17. The summed E-state index contributed by atoms with van der Waals surface area (Å²) >= 11 is 0. The van der Waals surface area contributed by atoms with Crippen LogP contribution >= 0.6 is 0 Å². The average molecular weight is 265 g/mol. The van der Waals surface area contributed by atoms with Crippen LogP contribution in [0.15, 0.2) is 22.8 Å². The molecule has 19 heavy (non-hydrogen) atoms. The summed E-state index contributed by atoms with van der Waals surface area (Å²) in [5, 5.41) is 2.91. The molecule has 3 atom stereocenters. The molecule has 1 aliphatic heterocycles. The van der Waals surface area contributed by atoms with Crippen molar-refractivity contribution in [3.63, 3.8) is 0 Å². The molecule has 0 bridgehead atoms. The van der Waals surface area contributed by atoms with Crippen LogP contribution in [0.1, 0.15) is 32.4 Å². The van der Waals surface area contributed by atoms with Gasteiger partial charge in [0, 0.05) is 18.6 Å². The zero-order valence-corrected chi connectivity index (χ0v) is 11.6. The molecule has 2 heterocycles. The number of furan rings is 1. The van der Waals surface area contributed by atoms with Gasteiger partial charge in [-0.15, -0.1) is 0 Å². The number of hydrogen-bond acceptors (Lipinski definition) is 4. The summed E-state index contributed by atoms with van der Waals surface area (Å²) in [5.74, 6) is 0.813.